The summed E-state index contributed by atoms with van der Waals surface area (Å²) in [7, 11) is 0. The number of rotatable bonds is 7. The quantitative estimate of drug-likeness (QED) is 0.313. The molecule has 0 radical (unpaired) electrons. The van der Waals surface area contributed by atoms with Crippen LogP contribution in [0.25, 0.3) is 0 Å². The molecule has 2 rings (SSSR count). The summed E-state index contributed by atoms with van der Waals surface area (Å²) in [6.07, 6.45) is 1.41. The lowest BCUT2D eigenvalue weighted by Gasteiger charge is -2.32. The van der Waals surface area contributed by atoms with Gasteiger partial charge in [0.25, 0.3) is 0 Å². The SMILES string of the molecule is CCNC(=NCC(C)Oc1cccc(Cl)c1)NC1CCN(C(=O)OCC)CC1.I. The molecule has 1 atom stereocenters. The highest BCUT2D eigenvalue weighted by atomic mass is 127. The Morgan fingerprint density at radius 3 is 2.69 bits per heavy atom. The van der Waals surface area contributed by atoms with Gasteiger partial charge in [-0.2, -0.15) is 0 Å². The van der Waals surface area contributed by atoms with Gasteiger partial charge in [0.15, 0.2) is 5.96 Å². The number of hydrogen-bond acceptors (Lipinski definition) is 4. The highest BCUT2D eigenvalue weighted by molar-refractivity contribution is 14.0. The maximum atomic E-state index is 11.8. The van der Waals surface area contributed by atoms with Crippen molar-refractivity contribution >= 4 is 47.6 Å². The number of piperidine rings is 1. The van der Waals surface area contributed by atoms with Gasteiger partial charge in [0, 0.05) is 30.7 Å². The van der Waals surface area contributed by atoms with Crippen molar-refractivity contribution < 1.29 is 14.3 Å². The second-order valence-corrected chi connectivity index (χ2v) is 7.15. The standard InChI is InChI=1S/C20H31ClN4O3.HI/c1-4-22-19(23-14-15(3)28-18-8-6-7-16(21)13-18)24-17-9-11-25(12-10-17)20(26)27-5-2;/h6-8,13,15,17H,4-5,9-12,14H2,1-3H3,(H2,22,23,24);1H. The van der Waals surface area contributed by atoms with Gasteiger partial charge in [-0.25, -0.2) is 9.79 Å². The topological polar surface area (TPSA) is 75.2 Å². The Bertz CT molecular complexity index is 654. The Labute approximate surface area is 195 Å². The number of guanidine groups is 1. The predicted molar refractivity (Wildman–Crippen MR) is 128 cm³/mol. The number of carbonyl (C=O) groups is 1. The second kappa shape index (κ2) is 13.7. The van der Waals surface area contributed by atoms with E-state index < -0.39 is 0 Å². The molecular formula is C20H32ClIN4O3. The normalized spacial score (nSPS) is 15.9. The third-order valence-corrected chi connectivity index (χ3v) is 4.58. The minimum absolute atomic E-state index is 0. The summed E-state index contributed by atoms with van der Waals surface area (Å²) in [4.78, 5) is 18.2. The summed E-state index contributed by atoms with van der Waals surface area (Å²) < 4.78 is 10.9. The largest absolute Gasteiger partial charge is 0.489 e. The summed E-state index contributed by atoms with van der Waals surface area (Å²) >= 11 is 5.99. The van der Waals surface area contributed by atoms with Gasteiger partial charge >= 0.3 is 6.09 Å². The fraction of sp³-hybridized carbons (Fsp3) is 0.600. The number of likely N-dealkylation sites (tertiary alicyclic amines) is 1. The third-order valence-electron chi connectivity index (χ3n) is 4.35. The van der Waals surface area contributed by atoms with Crippen molar-refractivity contribution in [1.29, 1.82) is 0 Å². The number of amides is 1. The minimum Gasteiger partial charge on any atom is -0.489 e. The molecule has 1 aromatic rings. The molecule has 1 fully saturated rings. The summed E-state index contributed by atoms with van der Waals surface area (Å²) in [5.74, 6) is 1.50. The molecule has 0 bridgehead atoms. The maximum absolute atomic E-state index is 11.8. The van der Waals surface area contributed by atoms with E-state index in [1.165, 1.54) is 0 Å². The Hall–Kier alpha value is -1.42. The zero-order valence-electron chi connectivity index (χ0n) is 17.3. The molecule has 1 unspecified atom stereocenters. The van der Waals surface area contributed by atoms with E-state index in [2.05, 4.69) is 15.6 Å². The molecule has 0 aromatic heterocycles. The summed E-state index contributed by atoms with van der Waals surface area (Å²) in [6, 6.07) is 7.63. The lowest BCUT2D eigenvalue weighted by Crippen LogP contribution is -2.50. The molecule has 0 saturated carbocycles. The van der Waals surface area contributed by atoms with Gasteiger partial charge in [-0.1, -0.05) is 17.7 Å². The fourth-order valence-electron chi connectivity index (χ4n) is 2.96. The average Bonchev–Trinajstić information content (AvgIpc) is 2.67. The number of ether oxygens (including phenoxy) is 2. The number of nitrogens with one attached hydrogen (secondary N) is 2. The van der Waals surface area contributed by atoms with Crippen LogP contribution in [-0.4, -0.2) is 61.9 Å². The minimum atomic E-state index is -0.228. The Morgan fingerprint density at radius 1 is 1.34 bits per heavy atom. The van der Waals surface area contributed by atoms with Gasteiger partial charge in [0.2, 0.25) is 0 Å². The summed E-state index contributed by atoms with van der Waals surface area (Å²) in [5, 5.41) is 7.38. The van der Waals surface area contributed by atoms with Crippen LogP contribution in [0.1, 0.15) is 33.6 Å². The number of benzene rings is 1. The van der Waals surface area contributed by atoms with E-state index in [-0.39, 0.29) is 42.2 Å². The predicted octanol–water partition coefficient (Wildman–Crippen LogP) is 3.90. The first-order chi connectivity index (χ1) is 13.5. The lowest BCUT2D eigenvalue weighted by atomic mass is 10.1. The van der Waals surface area contributed by atoms with Crippen LogP contribution in [0.5, 0.6) is 5.75 Å². The molecule has 1 amide bonds. The van der Waals surface area contributed by atoms with Crippen LogP contribution < -0.4 is 15.4 Å². The Balaban J connectivity index is 0.00000420. The molecule has 9 heteroatoms. The van der Waals surface area contributed by atoms with Crippen molar-refractivity contribution in [3.05, 3.63) is 29.3 Å². The van der Waals surface area contributed by atoms with E-state index in [1.54, 1.807) is 11.0 Å². The molecule has 7 nitrogen and oxygen atoms in total. The number of nitrogens with zero attached hydrogens (tertiary/aromatic N) is 2. The fourth-order valence-corrected chi connectivity index (χ4v) is 3.14. The first-order valence-electron chi connectivity index (χ1n) is 9.90. The molecule has 1 aromatic carbocycles. The van der Waals surface area contributed by atoms with Crippen LogP contribution in [0, 0.1) is 0 Å². The van der Waals surface area contributed by atoms with E-state index in [4.69, 9.17) is 21.1 Å². The summed E-state index contributed by atoms with van der Waals surface area (Å²) in [6.45, 7) is 8.90. The first kappa shape index (κ1) is 25.6. The van der Waals surface area contributed by atoms with E-state index >= 15 is 0 Å². The molecule has 0 spiro atoms. The van der Waals surface area contributed by atoms with Crippen molar-refractivity contribution in [2.45, 2.75) is 45.8 Å². The Morgan fingerprint density at radius 2 is 2.07 bits per heavy atom. The van der Waals surface area contributed by atoms with Crippen LogP contribution in [0.15, 0.2) is 29.3 Å². The van der Waals surface area contributed by atoms with Gasteiger partial charge in [-0.05, 0) is 51.8 Å². The lowest BCUT2D eigenvalue weighted by molar-refractivity contribution is 0.0963. The number of halogens is 2. The highest BCUT2D eigenvalue weighted by Crippen LogP contribution is 2.18. The van der Waals surface area contributed by atoms with Crippen molar-refractivity contribution in [3.63, 3.8) is 0 Å². The van der Waals surface area contributed by atoms with Crippen molar-refractivity contribution in [1.82, 2.24) is 15.5 Å². The summed E-state index contributed by atoms with van der Waals surface area (Å²) in [5.41, 5.74) is 0. The number of hydrogen-bond donors (Lipinski definition) is 2. The molecule has 1 saturated heterocycles. The van der Waals surface area contributed by atoms with Crippen molar-refractivity contribution in [3.8, 4) is 5.75 Å². The maximum Gasteiger partial charge on any atom is 0.409 e. The first-order valence-corrected chi connectivity index (χ1v) is 10.3. The smallest absolute Gasteiger partial charge is 0.409 e. The molecule has 2 N–H and O–H groups in total. The number of carbonyl (C=O) groups excluding carboxylic acids is 1. The van der Waals surface area contributed by atoms with E-state index in [0.717, 1.165) is 31.1 Å². The molecule has 164 valence electrons. The van der Waals surface area contributed by atoms with Gasteiger partial charge in [0.05, 0.1) is 13.2 Å². The van der Waals surface area contributed by atoms with E-state index in [1.807, 2.05) is 39.0 Å². The molecule has 1 aliphatic heterocycles. The zero-order valence-corrected chi connectivity index (χ0v) is 20.4. The number of aliphatic imine (C=N–C) groups is 1. The van der Waals surface area contributed by atoms with Gasteiger partial charge in [-0.3, -0.25) is 0 Å². The van der Waals surface area contributed by atoms with Gasteiger partial charge < -0.3 is 25.0 Å². The van der Waals surface area contributed by atoms with Crippen LogP contribution in [0.2, 0.25) is 5.02 Å². The molecule has 29 heavy (non-hydrogen) atoms. The molecular weight excluding hydrogens is 507 g/mol. The third kappa shape index (κ3) is 9.29. The molecule has 1 aliphatic rings. The van der Waals surface area contributed by atoms with Crippen LogP contribution in [0.4, 0.5) is 4.79 Å². The highest BCUT2D eigenvalue weighted by Gasteiger charge is 2.24. The van der Waals surface area contributed by atoms with Crippen LogP contribution in [0.3, 0.4) is 0 Å². The Kier molecular flexibility index (Phi) is 12.1. The van der Waals surface area contributed by atoms with E-state index in [9.17, 15) is 4.79 Å². The molecule has 0 aliphatic carbocycles. The van der Waals surface area contributed by atoms with Gasteiger partial charge in [0.1, 0.15) is 11.9 Å². The monoisotopic (exact) mass is 538 g/mol. The van der Waals surface area contributed by atoms with Crippen LogP contribution >= 0.6 is 35.6 Å². The zero-order chi connectivity index (χ0) is 20.4. The average molecular weight is 539 g/mol. The molecule has 1 heterocycles. The van der Waals surface area contributed by atoms with Gasteiger partial charge in [-0.15, -0.1) is 24.0 Å². The van der Waals surface area contributed by atoms with E-state index in [0.29, 0.717) is 31.3 Å². The van der Waals surface area contributed by atoms with Crippen molar-refractivity contribution in [2.75, 3.05) is 32.8 Å². The van der Waals surface area contributed by atoms with Crippen LogP contribution in [-0.2, 0) is 4.74 Å². The van der Waals surface area contributed by atoms with Crippen molar-refractivity contribution in [2.24, 2.45) is 4.99 Å². The second-order valence-electron chi connectivity index (χ2n) is 6.71.